The summed E-state index contributed by atoms with van der Waals surface area (Å²) in [4.78, 5) is 19.5. The van der Waals surface area contributed by atoms with Gasteiger partial charge in [-0.2, -0.15) is 10.2 Å². The van der Waals surface area contributed by atoms with Crippen LogP contribution in [0.15, 0.2) is 36.9 Å². The molecule has 8 heteroatoms. The molecule has 8 nitrogen and oxygen atoms in total. The molecule has 24 heavy (non-hydrogen) atoms. The monoisotopic (exact) mass is 325 g/mol. The Morgan fingerprint density at radius 3 is 2.92 bits per heavy atom. The standard InChI is InChI=1S/C16H19N7O/c1-12-3-2-4-13(7-12)9-23-16(5-6-22-11-18-10-19-22)20-15(21-23)8-14(17)24/h2-4,7,10-11H,5-6,8-9H2,1H3,(H2,17,24). The number of nitrogens with two attached hydrogens (primary N) is 1. The van der Waals surface area contributed by atoms with Crippen molar-refractivity contribution in [1.29, 1.82) is 0 Å². The van der Waals surface area contributed by atoms with Gasteiger partial charge in [0, 0.05) is 13.0 Å². The van der Waals surface area contributed by atoms with Crippen molar-refractivity contribution in [2.75, 3.05) is 0 Å². The van der Waals surface area contributed by atoms with Gasteiger partial charge in [0.05, 0.1) is 13.0 Å². The first-order chi connectivity index (χ1) is 11.6. The van der Waals surface area contributed by atoms with E-state index in [1.807, 2.05) is 16.8 Å². The molecular weight excluding hydrogens is 306 g/mol. The maximum Gasteiger partial charge on any atom is 0.225 e. The minimum atomic E-state index is -0.439. The molecule has 0 fully saturated rings. The number of hydrogen-bond acceptors (Lipinski definition) is 5. The Morgan fingerprint density at radius 1 is 1.33 bits per heavy atom. The zero-order valence-electron chi connectivity index (χ0n) is 13.5. The SMILES string of the molecule is Cc1cccc(Cn2nc(CC(N)=O)nc2CCn2cncn2)c1. The number of carbonyl (C=O) groups excluding carboxylic acids is 1. The van der Waals surface area contributed by atoms with E-state index in [-0.39, 0.29) is 6.42 Å². The van der Waals surface area contributed by atoms with E-state index in [1.165, 1.54) is 11.9 Å². The van der Waals surface area contributed by atoms with Gasteiger partial charge in [-0.15, -0.1) is 0 Å². The van der Waals surface area contributed by atoms with Crippen molar-refractivity contribution < 1.29 is 4.79 Å². The Hall–Kier alpha value is -3.03. The van der Waals surface area contributed by atoms with Crippen LogP contribution >= 0.6 is 0 Å². The van der Waals surface area contributed by atoms with Gasteiger partial charge >= 0.3 is 0 Å². The predicted octanol–water partition coefficient (Wildman–Crippen LogP) is 0.497. The van der Waals surface area contributed by atoms with E-state index in [9.17, 15) is 4.79 Å². The number of hydrogen-bond donors (Lipinski definition) is 1. The summed E-state index contributed by atoms with van der Waals surface area (Å²) >= 11 is 0. The van der Waals surface area contributed by atoms with E-state index in [4.69, 9.17) is 5.73 Å². The maximum absolute atomic E-state index is 11.1. The number of primary amides is 1. The van der Waals surface area contributed by atoms with Gasteiger partial charge in [0.1, 0.15) is 18.5 Å². The van der Waals surface area contributed by atoms with E-state index >= 15 is 0 Å². The first-order valence-corrected chi connectivity index (χ1v) is 7.69. The lowest BCUT2D eigenvalue weighted by molar-refractivity contribution is -0.117. The topological polar surface area (TPSA) is 105 Å². The van der Waals surface area contributed by atoms with Gasteiger partial charge < -0.3 is 5.73 Å². The first kappa shape index (κ1) is 15.9. The molecule has 0 bridgehead atoms. The molecule has 3 aromatic rings. The third-order valence-electron chi connectivity index (χ3n) is 3.57. The molecule has 1 amide bonds. The van der Waals surface area contributed by atoms with E-state index in [0.29, 0.717) is 25.3 Å². The highest BCUT2D eigenvalue weighted by molar-refractivity contribution is 5.75. The van der Waals surface area contributed by atoms with Crippen LogP contribution in [0.2, 0.25) is 0 Å². The fourth-order valence-corrected chi connectivity index (χ4v) is 2.51. The van der Waals surface area contributed by atoms with Crippen molar-refractivity contribution in [1.82, 2.24) is 29.5 Å². The van der Waals surface area contributed by atoms with Gasteiger partial charge in [-0.25, -0.2) is 14.6 Å². The van der Waals surface area contributed by atoms with Gasteiger partial charge in [0.25, 0.3) is 0 Å². The molecule has 0 aliphatic carbocycles. The molecule has 0 saturated heterocycles. The van der Waals surface area contributed by atoms with E-state index < -0.39 is 5.91 Å². The van der Waals surface area contributed by atoms with Crippen LogP contribution in [0.5, 0.6) is 0 Å². The van der Waals surface area contributed by atoms with Crippen molar-refractivity contribution in [3.63, 3.8) is 0 Å². The van der Waals surface area contributed by atoms with Crippen molar-refractivity contribution in [3.8, 4) is 0 Å². The molecule has 2 aromatic heterocycles. The largest absolute Gasteiger partial charge is 0.369 e. The number of nitrogens with zero attached hydrogens (tertiary/aromatic N) is 6. The lowest BCUT2D eigenvalue weighted by Crippen LogP contribution is -2.15. The van der Waals surface area contributed by atoms with Crippen LogP contribution < -0.4 is 5.73 Å². The second kappa shape index (κ2) is 7.03. The summed E-state index contributed by atoms with van der Waals surface area (Å²) in [6.45, 7) is 3.29. The van der Waals surface area contributed by atoms with Crippen molar-refractivity contribution in [3.05, 3.63) is 59.7 Å². The summed E-state index contributed by atoms with van der Waals surface area (Å²) < 4.78 is 3.56. The number of aryl methyl sites for hydroxylation is 3. The Bertz CT molecular complexity index is 823. The molecule has 0 spiro atoms. The van der Waals surface area contributed by atoms with Crippen LogP contribution in [0.25, 0.3) is 0 Å². The van der Waals surface area contributed by atoms with Crippen LogP contribution in [-0.4, -0.2) is 35.4 Å². The molecule has 0 atom stereocenters. The molecule has 0 aliphatic rings. The maximum atomic E-state index is 11.1. The average molecular weight is 325 g/mol. The Morgan fingerprint density at radius 2 is 2.21 bits per heavy atom. The number of aromatic nitrogens is 6. The Kier molecular flexibility index (Phi) is 4.64. The number of rotatable bonds is 7. The number of amides is 1. The van der Waals surface area contributed by atoms with Crippen molar-refractivity contribution in [2.24, 2.45) is 5.73 Å². The fraction of sp³-hybridized carbons (Fsp3) is 0.312. The molecule has 0 unspecified atom stereocenters. The molecule has 124 valence electrons. The minimum absolute atomic E-state index is 0.0388. The van der Waals surface area contributed by atoms with Crippen LogP contribution in [0.3, 0.4) is 0 Å². The van der Waals surface area contributed by atoms with Gasteiger partial charge in [-0.3, -0.25) is 9.48 Å². The molecular formula is C16H19N7O. The Balaban J connectivity index is 1.81. The van der Waals surface area contributed by atoms with E-state index in [2.05, 4.69) is 39.2 Å². The first-order valence-electron chi connectivity index (χ1n) is 7.69. The Labute approximate surface area is 139 Å². The minimum Gasteiger partial charge on any atom is -0.369 e. The second-order valence-electron chi connectivity index (χ2n) is 5.64. The van der Waals surface area contributed by atoms with E-state index in [0.717, 1.165) is 11.4 Å². The molecule has 3 rings (SSSR count). The normalized spacial score (nSPS) is 10.9. The van der Waals surface area contributed by atoms with Crippen LogP contribution in [0, 0.1) is 6.92 Å². The lowest BCUT2D eigenvalue weighted by Gasteiger charge is -2.07. The summed E-state index contributed by atoms with van der Waals surface area (Å²) in [7, 11) is 0. The van der Waals surface area contributed by atoms with Crippen LogP contribution in [0.4, 0.5) is 0 Å². The molecule has 2 N–H and O–H groups in total. The van der Waals surface area contributed by atoms with Gasteiger partial charge in [0.15, 0.2) is 5.82 Å². The van der Waals surface area contributed by atoms with Crippen molar-refractivity contribution in [2.45, 2.75) is 32.9 Å². The third kappa shape index (κ3) is 4.03. The summed E-state index contributed by atoms with van der Waals surface area (Å²) in [6, 6.07) is 8.22. The lowest BCUT2D eigenvalue weighted by atomic mass is 10.1. The van der Waals surface area contributed by atoms with E-state index in [1.54, 1.807) is 11.0 Å². The van der Waals surface area contributed by atoms with Crippen LogP contribution in [-0.2, 0) is 30.7 Å². The highest BCUT2D eigenvalue weighted by Crippen LogP contribution is 2.09. The fourth-order valence-electron chi connectivity index (χ4n) is 2.51. The number of carbonyl (C=O) groups is 1. The van der Waals surface area contributed by atoms with Gasteiger partial charge in [0.2, 0.25) is 5.91 Å². The molecule has 1 aromatic carbocycles. The average Bonchev–Trinajstić information content (AvgIpc) is 3.14. The third-order valence-corrected chi connectivity index (χ3v) is 3.57. The smallest absolute Gasteiger partial charge is 0.225 e. The zero-order valence-corrected chi connectivity index (χ0v) is 13.5. The van der Waals surface area contributed by atoms with Gasteiger partial charge in [-0.05, 0) is 12.5 Å². The molecule has 2 heterocycles. The van der Waals surface area contributed by atoms with Gasteiger partial charge in [-0.1, -0.05) is 29.8 Å². The molecule has 0 radical (unpaired) electrons. The van der Waals surface area contributed by atoms with Crippen LogP contribution in [0.1, 0.15) is 22.8 Å². The molecule has 0 aliphatic heterocycles. The summed E-state index contributed by atoms with van der Waals surface area (Å²) in [5.41, 5.74) is 7.58. The quantitative estimate of drug-likeness (QED) is 0.681. The predicted molar refractivity (Wildman–Crippen MR) is 86.9 cm³/mol. The summed E-state index contributed by atoms with van der Waals surface area (Å²) in [6.07, 6.45) is 3.83. The summed E-state index contributed by atoms with van der Waals surface area (Å²) in [5.74, 6) is 0.803. The van der Waals surface area contributed by atoms with Crippen molar-refractivity contribution >= 4 is 5.91 Å². The zero-order chi connectivity index (χ0) is 16.9. The second-order valence-corrected chi connectivity index (χ2v) is 5.64. The number of benzene rings is 1. The molecule has 0 saturated carbocycles. The highest BCUT2D eigenvalue weighted by Gasteiger charge is 2.12. The highest BCUT2D eigenvalue weighted by atomic mass is 16.1. The summed E-state index contributed by atoms with van der Waals surface area (Å²) in [5, 5.41) is 8.52.